The van der Waals surface area contributed by atoms with Crippen LogP contribution in [0.25, 0.3) is 0 Å². The van der Waals surface area contributed by atoms with Gasteiger partial charge in [-0.25, -0.2) is 0 Å². The van der Waals surface area contributed by atoms with Crippen LogP contribution in [0.1, 0.15) is 6.42 Å². The molecule has 1 aliphatic heterocycles. The van der Waals surface area contributed by atoms with Crippen molar-refractivity contribution in [2.24, 2.45) is 0 Å². The lowest BCUT2D eigenvalue weighted by Crippen LogP contribution is -2.31. The van der Waals surface area contributed by atoms with Crippen molar-refractivity contribution in [1.82, 2.24) is 0 Å². The van der Waals surface area contributed by atoms with Gasteiger partial charge >= 0.3 is 0 Å². The molecule has 4 heteroatoms. The summed E-state index contributed by atoms with van der Waals surface area (Å²) in [4.78, 5) is 23.7. The Kier molecular flexibility index (Phi) is 2.67. The zero-order valence-electron chi connectivity index (χ0n) is 8.27. The van der Waals surface area contributed by atoms with Crippen LogP contribution in [0.5, 0.6) is 0 Å². The number of carbonyl (C=O) groups excluding carboxylic acids is 2. The lowest BCUT2D eigenvalue weighted by Gasteiger charge is -2.19. The monoisotopic (exact) mass is 204 g/mol. The van der Waals surface area contributed by atoms with Gasteiger partial charge in [-0.15, -0.1) is 0 Å². The molecule has 2 rings (SSSR count). The molecule has 78 valence electrons. The van der Waals surface area contributed by atoms with Gasteiger partial charge in [0.15, 0.2) is 0 Å². The van der Waals surface area contributed by atoms with E-state index in [0.29, 0.717) is 13.0 Å². The van der Waals surface area contributed by atoms with Crippen LogP contribution in [-0.2, 0) is 9.59 Å². The van der Waals surface area contributed by atoms with Crippen molar-refractivity contribution in [3.8, 4) is 0 Å². The molecule has 0 spiro atoms. The Balaban J connectivity index is 2.42. The molecule has 0 atom stereocenters. The normalized spacial score (nSPS) is 15.2. The SMILES string of the molecule is O=CCN1C(=O)CCNc2ccccc21. The summed E-state index contributed by atoms with van der Waals surface area (Å²) in [5, 5.41) is 3.17. The van der Waals surface area contributed by atoms with Gasteiger partial charge < -0.3 is 15.0 Å². The van der Waals surface area contributed by atoms with Crippen LogP contribution >= 0.6 is 0 Å². The molecule has 0 saturated heterocycles. The molecule has 0 aliphatic carbocycles. The first kappa shape index (κ1) is 9.71. The molecule has 0 bridgehead atoms. The number of benzene rings is 1. The first-order valence-corrected chi connectivity index (χ1v) is 4.90. The largest absolute Gasteiger partial charge is 0.383 e. The van der Waals surface area contributed by atoms with Gasteiger partial charge in [0.25, 0.3) is 0 Å². The number of aldehydes is 1. The van der Waals surface area contributed by atoms with E-state index in [0.717, 1.165) is 17.7 Å². The summed E-state index contributed by atoms with van der Waals surface area (Å²) < 4.78 is 0. The predicted octanol–water partition coefficient (Wildman–Crippen LogP) is 1.03. The van der Waals surface area contributed by atoms with Crippen molar-refractivity contribution in [2.75, 3.05) is 23.3 Å². The van der Waals surface area contributed by atoms with Gasteiger partial charge in [-0.05, 0) is 12.1 Å². The highest BCUT2D eigenvalue weighted by atomic mass is 16.2. The van der Waals surface area contributed by atoms with E-state index in [1.165, 1.54) is 4.90 Å². The number of hydrogen-bond acceptors (Lipinski definition) is 3. The molecular weight excluding hydrogens is 192 g/mol. The van der Waals surface area contributed by atoms with E-state index in [1.807, 2.05) is 24.3 Å². The summed E-state index contributed by atoms with van der Waals surface area (Å²) in [5.74, 6) is -0.0143. The van der Waals surface area contributed by atoms with Crippen LogP contribution in [0.4, 0.5) is 11.4 Å². The Labute approximate surface area is 87.9 Å². The Hall–Kier alpha value is -1.84. The number of nitrogens with zero attached hydrogens (tertiary/aromatic N) is 1. The van der Waals surface area contributed by atoms with E-state index >= 15 is 0 Å². The number of fused-ring (bicyclic) bond motifs is 1. The predicted molar refractivity (Wildman–Crippen MR) is 58.0 cm³/mol. The van der Waals surface area contributed by atoms with E-state index in [-0.39, 0.29) is 12.5 Å². The fraction of sp³-hybridized carbons (Fsp3) is 0.273. The Morgan fingerprint density at radius 3 is 3.00 bits per heavy atom. The van der Waals surface area contributed by atoms with E-state index in [2.05, 4.69) is 5.32 Å². The lowest BCUT2D eigenvalue weighted by molar-refractivity contribution is -0.119. The molecule has 0 radical (unpaired) electrons. The van der Waals surface area contributed by atoms with Crippen molar-refractivity contribution in [3.63, 3.8) is 0 Å². The first-order valence-electron chi connectivity index (χ1n) is 4.90. The molecule has 1 amide bonds. The van der Waals surface area contributed by atoms with Gasteiger partial charge in [-0.1, -0.05) is 12.1 Å². The van der Waals surface area contributed by atoms with Crippen LogP contribution in [-0.4, -0.2) is 25.3 Å². The minimum absolute atomic E-state index is 0.0143. The van der Waals surface area contributed by atoms with Gasteiger partial charge in [0.2, 0.25) is 5.91 Å². The number of rotatable bonds is 2. The van der Waals surface area contributed by atoms with Crippen LogP contribution in [0, 0.1) is 0 Å². The summed E-state index contributed by atoms with van der Waals surface area (Å²) in [6, 6.07) is 7.51. The third-order valence-corrected chi connectivity index (χ3v) is 2.41. The summed E-state index contributed by atoms with van der Waals surface area (Å²) in [5.41, 5.74) is 1.69. The van der Waals surface area contributed by atoms with Crippen LogP contribution in [0.15, 0.2) is 24.3 Å². The van der Waals surface area contributed by atoms with Crippen molar-refractivity contribution in [1.29, 1.82) is 0 Å². The minimum atomic E-state index is -0.0143. The molecule has 0 aromatic heterocycles. The minimum Gasteiger partial charge on any atom is -0.383 e. The standard InChI is InChI=1S/C11H12N2O2/c14-8-7-13-10-4-2-1-3-9(10)12-6-5-11(13)15/h1-4,8,12H,5-7H2. The molecule has 1 heterocycles. The van der Waals surface area contributed by atoms with Gasteiger partial charge in [-0.3, -0.25) is 4.79 Å². The average Bonchev–Trinajstić information content (AvgIpc) is 2.40. The number of hydrogen-bond donors (Lipinski definition) is 1. The quantitative estimate of drug-likeness (QED) is 0.732. The maximum absolute atomic E-state index is 11.7. The maximum Gasteiger partial charge on any atom is 0.229 e. The fourth-order valence-corrected chi connectivity index (χ4v) is 1.71. The maximum atomic E-state index is 11.7. The second kappa shape index (κ2) is 4.13. The molecule has 15 heavy (non-hydrogen) atoms. The topological polar surface area (TPSA) is 49.4 Å². The van der Waals surface area contributed by atoms with E-state index in [9.17, 15) is 9.59 Å². The second-order valence-corrected chi connectivity index (χ2v) is 3.36. The molecule has 1 aromatic rings. The number of para-hydroxylation sites is 2. The van der Waals surface area contributed by atoms with Gasteiger partial charge in [0.05, 0.1) is 17.9 Å². The Bertz CT molecular complexity index is 390. The van der Waals surface area contributed by atoms with Crippen molar-refractivity contribution >= 4 is 23.6 Å². The Morgan fingerprint density at radius 2 is 2.20 bits per heavy atom. The van der Waals surface area contributed by atoms with E-state index < -0.39 is 0 Å². The molecule has 0 unspecified atom stereocenters. The zero-order valence-corrected chi connectivity index (χ0v) is 8.27. The van der Waals surface area contributed by atoms with Crippen molar-refractivity contribution < 1.29 is 9.59 Å². The second-order valence-electron chi connectivity index (χ2n) is 3.36. The summed E-state index contributed by atoms with van der Waals surface area (Å²) in [7, 11) is 0. The van der Waals surface area contributed by atoms with Crippen molar-refractivity contribution in [2.45, 2.75) is 6.42 Å². The van der Waals surface area contributed by atoms with Gasteiger partial charge in [0, 0.05) is 13.0 Å². The van der Waals surface area contributed by atoms with E-state index in [4.69, 9.17) is 0 Å². The highest BCUT2D eigenvalue weighted by Gasteiger charge is 2.20. The molecule has 1 aromatic carbocycles. The number of nitrogens with one attached hydrogen (secondary N) is 1. The van der Waals surface area contributed by atoms with Crippen LogP contribution < -0.4 is 10.2 Å². The number of anilines is 2. The highest BCUT2D eigenvalue weighted by Crippen LogP contribution is 2.27. The van der Waals surface area contributed by atoms with Crippen LogP contribution in [0.2, 0.25) is 0 Å². The number of carbonyl (C=O) groups is 2. The third-order valence-electron chi connectivity index (χ3n) is 2.41. The van der Waals surface area contributed by atoms with Gasteiger partial charge in [0.1, 0.15) is 6.29 Å². The Morgan fingerprint density at radius 1 is 1.40 bits per heavy atom. The molecular formula is C11H12N2O2. The summed E-state index contributed by atoms with van der Waals surface area (Å²) in [6.45, 7) is 0.739. The number of amides is 1. The molecule has 0 fully saturated rings. The smallest absolute Gasteiger partial charge is 0.229 e. The lowest BCUT2D eigenvalue weighted by atomic mass is 10.2. The zero-order chi connectivity index (χ0) is 10.7. The fourth-order valence-electron chi connectivity index (χ4n) is 1.71. The molecule has 0 saturated carbocycles. The molecule has 1 aliphatic rings. The van der Waals surface area contributed by atoms with Crippen LogP contribution in [0.3, 0.4) is 0 Å². The van der Waals surface area contributed by atoms with E-state index in [1.54, 1.807) is 0 Å². The van der Waals surface area contributed by atoms with Crippen molar-refractivity contribution in [3.05, 3.63) is 24.3 Å². The van der Waals surface area contributed by atoms with Gasteiger partial charge in [-0.2, -0.15) is 0 Å². The molecule has 4 nitrogen and oxygen atoms in total. The highest BCUT2D eigenvalue weighted by molar-refractivity contribution is 6.00. The first-order chi connectivity index (χ1) is 7.33. The third kappa shape index (κ3) is 1.83. The average molecular weight is 204 g/mol. The summed E-state index contributed by atoms with van der Waals surface area (Å²) in [6.07, 6.45) is 1.17. The molecule has 1 N–H and O–H groups in total. The summed E-state index contributed by atoms with van der Waals surface area (Å²) >= 11 is 0.